The van der Waals surface area contributed by atoms with Crippen molar-refractivity contribution < 1.29 is 4.74 Å². The number of aromatic nitrogens is 3. The molecule has 5 nitrogen and oxygen atoms in total. The first-order chi connectivity index (χ1) is 12.8. The highest BCUT2D eigenvalue weighted by atomic mass is 32.1. The van der Waals surface area contributed by atoms with E-state index in [0.717, 1.165) is 16.5 Å². The van der Waals surface area contributed by atoms with Crippen molar-refractivity contribution in [3.63, 3.8) is 0 Å². The van der Waals surface area contributed by atoms with Gasteiger partial charge < -0.3 is 4.74 Å². The number of hydrogen-bond donors (Lipinski definition) is 0. The Hall–Kier alpha value is -3.25. The van der Waals surface area contributed by atoms with Crippen LogP contribution in [0.25, 0.3) is 26.6 Å². The third kappa shape index (κ3) is 2.43. The van der Waals surface area contributed by atoms with Gasteiger partial charge in [-0.25, -0.2) is 4.98 Å². The minimum absolute atomic E-state index is 0.154. The van der Waals surface area contributed by atoms with E-state index in [0.29, 0.717) is 20.9 Å². The van der Waals surface area contributed by atoms with E-state index >= 15 is 0 Å². The molecule has 2 heterocycles. The Morgan fingerprint density at radius 3 is 2.62 bits per heavy atom. The molecule has 26 heavy (non-hydrogen) atoms. The third-order valence-electron chi connectivity index (χ3n) is 4.25. The Labute approximate surface area is 152 Å². The fourth-order valence-corrected chi connectivity index (χ4v) is 3.82. The first-order valence-corrected chi connectivity index (χ1v) is 8.99. The molecule has 0 aliphatic heterocycles. The van der Waals surface area contributed by atoms with Crippen LogP contribution >= 0.6 is 11.3 Å². The average Bonchev–Trinajstić information content (AvgIpc) is 3.10. The van der Waals surface area contributed by atoms with Crippen LogP contribution in [0.5, 0.6) is 5.75 Å². The Bertz CT molecular complexity index is 1320. The van der Waals surface area contributed by atoms with E-state index in [1.165, 1.54) is 15.9 Å². The van der Waals surface area contributed by atoms with Crippen molar-refractivity contribution in [1.29, 1.82) is 0 Å². The number of fused-ring (bicyclic) bond motifs is 3. The third-order valence-corrected chi connectivity index (χ3v) is 5.13. The maximum absolute atomic E-state index is 12.6. The van der Waals surface area contributed by atoms with Crippen LogP contribution in [0.2, 0.25) is 0 Å². The minimum Gasteiger partial charge on any atom is -0.486 e. The molecule has 0 saturated heterocycles. The van der Waals surface area contributed by atoms with Gasteiger partial charge in [0.2, 0.25) is 4.96 Å². The summed E-state index contributed by atoms with van der Waals surface area (Å²) < 4.78 is 7.33. The summed E-state index contributed by atoms with van der Waals surface area (Å²) in [5, 5.41) is 7.84. The molecule has 0 radical (unpaired) electrons. The zero-order valence-electron chi connectivity index (χ0n) is 13.6. The second kappa shape index (κ2) is 5.93. The van der Waals surface area contributed by atoms with Gasteiger partial charge in [0.25, 0.3) is 5.56 Å². The Balaban J connectivity index is 1.52. The first kappa shape index (κ1) is 15.0. The standard InChI is InChI=1S/C20H13N3O2S/c24-19-15-9-3-4-10-16(15)21-20-23(19)22-18(26-20)12-25-17-11-5-7-13-6-1-2-8-14(13)17/h1-11H,12H2. The molecule has 0 N–H and O–H groups in total. The summed E-state index contributed by atoms with van der Waals surface area (Å²) in [6.07, 6.45) is 0. The molecule has 0 spiro atoms. The monoisotopic (exact) mass is 359 g/mol. The fourth-order valence-electron chi connectivity index (χ4n) is 3.01. The van der Waals surface area contributed by atoms with Crippen molar-refractivity contribution >= 4 is 38.0 Å². The second-order valence-corrected chi connectivity index (χ2v) is 6.93. The molecule has 2 aromatic heterocycles. The van der Waals surface area contributed by atoms with E-state index in [4.69, 9.17) is 4.74 Å². The lowest BCUT2D eigenvalue weighted by atomic mass is 10.1. The van der Waals surface area contributed by atoms with Crippen LogP contribution in [-0.4, -0.2) is 14.6 Å². The van der Waals surface area contributed by atoms with Gasteiger partial charge in [-0.3, -0.25) is 4.79 Å². The summed E-state index contributed by atoms with van der Waals surface area (Å²) in [4.78, 5) is 17.7. The quantitative estimate of drug-likeness (QED) is 0.488. The highest BCUT2D eigenvalue weighted by Gasteiger charge is 2.11. The van der Waals surface area contributed by atoms with Gasteiger partial charge in [-0.1, -0.05) is 59.9 Å². The zero-order valence-corrected chi connectivity index (χ0v) is 14.4. The van der Waals surface area contributed by atoms with Crippen molar-refractivity contribution in [1.82, 2.24) is 14.6 Å². The minimum atomic E-state index is -0.154. The Morgan fingerprint density at radius 2 is 1.69 bits per heavy atom. The van der Waals surface area contributed by atoms with E-state index in [2.05, 4.69) is 22.2 Å². The van der Waals surface area contributed by atoms with Crippen molar-refractivity contribution in [3.8, 4) is 5.75 Å². The lowest BCUT2D eigenvalue weighted by Crippen LogP contribution is -2.15. The fraction of sp³-hybridized carbons (Fsp3) is 0.0500. The highest BCUT2D eigenvalue weighted by Crippen LogP contribution is 2.26. The largest absolute Gasteiger partial charge is 0.486 e. The molecule has 0 atom stereocenters. The SMILES string of the molecule is O=c1c2ccccc2nc2sc(COc3cccc4ccccc34)nn12. The van der Waals surface area contributed by atoms with E-state index in [1.54, 1.807) is 6.07 Å². The van der Waals surface area contributed by atoms with Gasteiger partial charge in [0, 0.05) is 5.39 Å². The second-order valence-electron chi connectivity index (χ2n) is 5.89. The van der Waals surface area contributed by atoms with Gasteiger partial charge >= 0.3 is 0 Å². The van der Waals surface area contributed by atoms with Gasteiger partial charge in [-0.05, 0) is 23.6 Å². The van der Waals surface area contributed by atoms with Crippen LogP contribution < -0.4 is 10.3 Å². The molecule has 0 unspecified atom stereocenters. The van der Waals surface area contributed by atoms with Gasteiger partial charge in [0.05, 0.1) is 10.9 Å². The molecule has 0 fully saturated rings. The van der Waals surface area contributed by atoms with Crippen molar-refractivity contribution in [2.24, 2.45) is 0 Å². The Morgan fingerprint density at radius 1 is 0.923 bits per heavy atom. The molecule has 126 valence electrons. The van der Waals surface area contributed by atoms with Crippen LogP contribution in [0, 0.1) is 0 Å². The summed E-state index contributed by atoms with van der Waals surface area (Å²) in [6, 6.07) is 21.3. The molecule has 0 saturated carbocycles. The maximum atomic E-state index is 12.6. The van der Waals surface area contributed by atoms with Gasteiger partial charge in [0.1, 0.15) is 12.4 Å². The summed E-state index contributed by atoms with van der Waals surface area (Å²) in [5.74, 6) is 0.799. The zero-order chi connectivity index (χ0) is 17.5. The normalized spacial score (nSPS) is 11.4. The maximum Gasteiger partial charge on any atom is 0.283 e. The molecule has 0 aliphatic rings. The average molecular weight is 359 g/mol. The molecule has 3 aromatic carbocycles. The van der Waals surface area contributed by atoms with E-state index < -0.39 is 0 Å². The van der Waals surface area contributed by atoms with Crippen molar-refractivity contribution in [2.75, 3.05) is 0 Å². The van der Waals surface area contributed by atoms with Gasteiger partial charge in [0.15, 0.2) is 5.01 Å². The van der Waals surface area contributed by atoms with Crippen LogP contribution in [0.1, 0.15) is 5.01 Å². The predicted molar refractivity (Wildman–Crippen MR) is 103 cm³/mol. The van der Waals surface area contributed by atoms with Crippen LogP contribution in [0.15, 0.2) is 71.5 Å². The number of rotatable bonds is 3. The smallest absolute Gasteiger partial charge is 0.283 e. The number of para-hydroxylation sites is 1. The summed E-state index contributed by atoms with van der Waals surface area (Å²) >= 11 is 1.37. The molecule has 0 amide bonds. The molecular weight excluding hydrogens is 346 g/mol. The van der Waals surface area contributed by atoms with E-state index in [9.17, 15) is 4.79 Å². The molecule has 5 aromatic rings. The van der Waals surface area contributed by atoms with Crippen molar-refractivity contribution in [3.05, 3.63) is 82.1 Å². The predicted octanol–water partition coefficient (Wildman–Crippen LogP) is 4.04. The molecule has 5 rings (SSSR count). The van der Waals surface area contributed by atoms with E-state index in [1.807, 2.05) is 48.5 Å². The topological polar surface area (TPSA) is 56.5 Å². The van der Waals surface area contributed by atoms with Gasteiger partial charge in [-0.2, -0.15) is 9.61 Å². The molecule has 6 heteroatoms. The van der Waals surface area contributed by atoms with Crippen LogP contribution in [0.4, 0.5) is 0 Å². The number of hydrogen-bond acceptors (Lipinski definition) is 5. The van der Waals surface area contributed by atoms with Gasteiger partial charge in [-0.15, -0.1) is 0 Å². The summed E-state index contributed by atoms with van der Waals surface area (Å²) in [6.45, 7) is 0.290. The summed E-state index contributed by atoms with van der Waals surface area (Å²) in [7, 11) is 0. The lowest BCUT2D eigenvalue weighted by Gasteiger charge is -2.07. The Kier molecular flexibility index (Phi) is 3.43. The number of benzene rings is 3. The molecular formula is C20H13N3O2S. The molecule has 0 aliphatic carbocycles. The number of ether oxygens (including phenoxy) is 1. The highest BCUT2D eigenvalue weighted by molar-refractivity contribution is 7.16. The molecule has 0 bridgehead atoms. The lowest BCUT2D eigenvalue weighted by molar-refractivity contribution is 0.308. The summed E-state index contributed by atoms with van der Waals surface area (Å²) in [5.41, 5.74) is 0.529. The van der Waals surface area contributed by atoms with Crippen LogP contribution in [0.3, 0.4) is 0 Å². The van der Waals surface area contributed by atoms with Crippen LogP contribution in [-0.2, 0) is 6.61 Å². The van der Waals surface area contributed by atoms with E-state index in [-0.39, 0.29) is 12.2 Å². The first-order valence-electron chi connectivity index (χ1n) is 8.18. The number of nitrogens with zero attached hydrogens (tertiary/aromatic N) is 3. The van der Waals surface area contributed by atoms with Crippen molar-refractivity contribution in [2.45, 2.75) is 6.61 Å².